The minimum atomic E-state index is -2.69. The zero-order chi connectivity index (χ0) is 51.7. The zero-order valence-corrected chi connectivity index (χ0v) is 38.4. The summed E-state index contributed by atoms with van der Waals surface area (Å²) >= 11 is 0. The maximum atomic E-state index is 12.4. The summed E-state index contributed by atoms with van der Waals surface area (Å²) in [5.74, 6) is -4.60. The van der Waals surface area contributed by atoms with Gasteiger partial charge in [-0.05, 0) is 152 Å². The Morgan fingerprint density at radius 1 is 0.508 bits per heavy atom. The molecule has 0 saturated carbocycles. The molecule has 0 spiro atoms. The van der Waals surface area contributed by atoms with E-state index < -0.39 is 30.4 Å². The van der Waals surface area contributed by atoms with Crippen LogP contribution in [0.1, 0.15) is 116 Å². The molecule has 65 heavy (non-hydrogen) atoms. The second-order valence-corrected chi connectivity index (χ2v) is 17.8. The molecule has 0 saturated heterocycles. The summed E-state index contributed by atoms with van der Waals surface area (Å²) in [6.07, 6.45) is 1.82. The van der Waals surface area contributed by atoms with E-state index in [0.29, 0.717) is 44.4 Å². The van der Waals surface area contributed by atoms with E-state index in [2.05, 4.69) is 48.5 Å². The van der Waals surface area contributed by atoms with E-state index in [1.807, 2.05) is 91.1 Å². The molecule has 9 aromatic rings. The Hall–Kier alpha value is -7.04. The van der Waals surface area contributed by atoms with Crippen LogP contribution in [0.3, 0.4) is 0 Å². The molecule has 2 heterocycles. The van der Waals surface area contributed by atoms with E-state index in [1.165, 1.54) is 0 Å². The first-order chi connectivity index (χ1) is 33.8. The van der Waals surface area contributed by atoms with Gasteiger partial charge in [0.25, 0.3) is 0 Å². The molecule has 0 amide bonds. The Balaban J connectivity index is 1.38. The fraction of sp³-hybridized carbons (Fsp3) is 0.213. The molecule has 7 aromatic carbocycles. The Labute approximate surface area is 395 Å². The van der Waals surface area contributed by atoms with Gasteiger partial charge in [0.15, 0.2) is 0 Å². The van der Waals surface area contributed by atoms with Crippen LogP contribution in [0.15, 0.2) is 164 Å². The highest BCUT2D eigenvalue weighted by atomic mass is 16.3. The lowest BCUT2D eigenvalue weighted by atomic mass is 9.84. The number of fused-ring (bicyclic) bond motifs is 1. The van der Waals surface area contributed by atoms with Gasteiger partial charge in [0.05, 0.1) is 28.0 Å². The Kier molecular flexibility index (Phi) is 9.70. The molecule has 4 nitrogen and oxygen atoms in total. The van der Waals surface area contributed by atoms with Gasteiger partial charge in [0.1, 0.15) is 11.6 Å². The highest BCUT2D eigenvalue weighted by Crippen LogP contribution is 2.44. The van der Waals surface area contributed by atoms with Crippen LogP contribution in [0.5, 0.6) is 5.75 Å². The third kappa shape index (κ3) is 8.30. The first kappa shape index (κ1) is 35.3. The zero-order valence-electron chi connectivity index (χ0n) is 45.4. The molecule has 0 fully saturated rings. The van der Waals surface area contributed by atoms with Crippen molar-refractivity contribution in [1.82, 2.24) is 14.5 Å². The second-order valence-electron chi connectivity index (χ2n) is 17.8. The minimum Gasteiger partial charge on any atom is -0.507 e. The average molecular weight is 857 g/mol. The molecule has 0 radical (unpaired) electrons. The van der Waals surface area contributed by atoms with E-state index in [4.69, 9.17) is 14.1 Å². The van der Waals surface area contributed by atoms with Gasteiger partial charge in [-0.1, -0.05) is 159 Å². The lowest BCUT2D eigenvalue weighted by Crippen LogP contribution is -2.04. The van der Waals surface area contributed by atoms with Crippen LogP contribution in [0.2, 0.25) is 0 Å². The van der Waals surface area contributed by atoms with Crippen molar-refractivity contribution in [3.8, 4) is 78.6 Å². The molecule has 0 aliphatic rings. The molecule has 0 aliphatic heterocycles. The predicted octanol–water partition coefficient (Wildman–Crippen LogP) is 16.9. The van der Waals surface area contributed by atoms with Gasteiger partial charge < -0.3 is 5.11 Å². The Morgan fingerprint density at radius 3 is 1.78 bits per heavy atom. The van der Waals surface area contributed by atoms with E-state index in [0.717, 1.165) is 44.6 Å². The van der Waals surface area contributed by atoms with Crippen LogP contribution in [-0.4, -0.2) is 19.6 Å². The minimum absolute atomic E-state index is 0.00692. The molecular weight excluding hydrogens is 791 g/mol. The van der Waals surface area contributed by atoms with Gasteiger partial charge in [-0.15, -0.1) is 0 Å². The number of aromatic hydroxyl groups is 1. The molecule has 1 N–H and O–H groups in total. The Morgan fingerprint density at radius 2 is 1.14 bits per heavy atom. The number of phenols is 1. The third-order valence-electron chi connectivity index (χ3n) is 12.3. The van der Waals surface area contributed by atoms with Gasteiger partial charge in [-0.3, -0.25) is 9.55 Å². The number of imidazole rings is 1. The quantitative estimate of drug-likeness (QED) is 0.141. The first-order valence-corrected chi connectivity index (χ1v) is 22.2. The average Bonchev–Trinajstić information content (AvgIpc) is 3.72. The fourth-order valence-electron chi connectivity index (χ4n) is 8.94. The van der Waals surface area contributed by atoms with E-state index in [1.54, 1.807) is 84.2 Å². The molecule has 324 valence electrons. The van der Waals surface area contributed by atoms with Gasteiger partial charge in [-0.25, -0.2) is 4.98 Å². The number of hydrogen-bond acceptors (Lipinski definition) is 3. The second kappa shape index (κ2) is 17.9. The standard InChI is InChI=1S/C61H59N3O/c1-37(2)46-34-53(40(7)8)60(65)54(35-46)61-63-59-52(24-17-25-57(59)64(61)56-27-26-45(30-41(56)9)58-50(38(3)4)22-16-23-51(58)39(5)6)48-31-47(43-20-14-11-15-21-43)32-49(33-48)55-36-44(28-29-62-55)42-18-12-10-13-19-42/h10-40,65H,1-9H3/i9D3,37D,38D,39D,40D. The molecule has 4 heteroatoms. The van der Waals surface area contributed by atoms with Crippen molar-refractivity contribution in [2.75, 3.05) is 0 Å². The summed E-state index contributed by atoms with van der Waals surface area (Å²) < 4.78 is 66.0. The molecule has 0 unspecified atom stereocenters. The molecular formula is C61H59N3O. The van der Waals surface area contributed by atoms with Crippen LogP contribution in [0, 0.1) is 6.85 Å². The van der Waals surface area contributed by atoms with Crippen molar-refractivity contribution in [3.05, 3.63) is 192 Å². The molecule has 0 aliphatic carbocycles. The molecule has 9 rings (SSSR count). The van der Waals surface area contributed by atoms with Crippen LogP contribution < -0.4 is 0 Å². The number of para-hydroxylation sites is 1. The summed E-state index contributed by atoms with van der Waals surface area (Å²) in [7, 11) is 0. The fourth-order valence-corrected chi connectivity index (χ4v) is 8.94. The smallest absolute Gasteiger partial charge is 0.149 e. The van der Waals surface area contributed by atoms with E-state index in [-0.39, 0.29) is 28.4 Å². The first-order valence-electron chi connectivity index (χ1n) is 25.7. The van der Waals surface area contributed by atoms with Gasteiger partial charge in [0, 0.05) is 26.9 Å². The number of aromatic nitrogens is 3. The van der Waals surface area contributed by atoms with Crippen molar-refractivity contribution >= 4 is 11.0 Å². The van der Waals surface area contributed by atoms with Gasteiger partial charge in [0.2, 0.25) is 0 Å². The maximum absolute atomic E-state index is 12.4. The number of rotatable bonds is 11. The normalized spacial score (nSPS) is 14.2. The van der Waals surface area contributed by atoms with Crippen molar-refractivity contribution < 1.29 is 14.7 Å². The number of pyridine rings is 1. The van der Waals surface area contributed by atoms with Gasteiger partial charge >= 0.3 is 0 Å². The SMILES string of the molecule is [2H]C([2H])([2H])c1cc(-c2c(C([2H])(C)C)cccc2C([2H])(C)C)ccc1-n1c(-c2cc(C([2H])(C)C)cc(C([2H])(C)C)c2O)nc2c(-c3cc(-c4ccccc4)cc(-c4cc(-c5ccccc5)ccn4)c3)cccc21. The summed E-state index contributed by atoms with van der Waals surface area (Å²) in [4.78, 5) is 10.3. The van der Waals surface area contributed by atoms with E-state index >= 15 is 0 Å². The number of phenolic OH excluding ortho intramolecular Hbond substituents is 1. The van der Waals surface area contributed by atoms with Crippen LogP contribution in [0.25, 0.3) is 83.9 Å². The summed E-state index contributed by atoms with van der Waals surface area (Å²) in [5, 5.41) is 12.4. The highest BCUT2D eigenvalue weighted by Gasteiger charge is 2.25. The number of aryl methyl sites for hydroxylation is 1. The molecule has 0 atom stereocenters. The number of nitrogens with zero attached hydrogens (tertiary/aromatic N) is 3. The van der Waals surface area contributed by atoms with Crippen molar-refractivity contribution in [2.45, 2.75) is 85.8 Å². The molecule has 2 aromatic heterocycles. The lowest BCUT2D eigenvalue weighted by molar-refractivity contribution is 0.466. The van der Waals surface area contributed by atoms with Crippen LogP contribution >= 0.6 is 0 Å². The summed E-state index contributed by atoms with van der Waals surface area (Å²) in [6, 6.07) is 50.8. The monoisotopic (exact) mass is 857 g/mol. The topological polar surface area (TPSA) is 50.9 Å². The highest BCUT2D eigenvalue weighted by molar-refractivity contribution is 5.98. The van der Waals surface area contributed by atoms with Crippen molar-refractivity contribution in [1.29, 1.82) is 0 Å². The summed E-state index contributed by atoms with van der Waals surface area (Å²) in [6.45, 7) is 11.3. The third-order valence-corrected chi connectivity index (χ3v) is 12.3. The summed E-state index contributed by atoms with van der Waals surface area (Å²) in [5.41, 5.74) is 12.2. The predicted molar refractivity (Wildman–Crippen MR) is 274 cm³/mol. The van der Waals surface area contributed by atoms with Crippen LogP contribution in [-0.2, 0) is 0 Å². The van der Waals surface area contributed by atoms with Crippen molar-refractivity contribution in [2.24, 2.45) is 0 Å². The largest absolute Gasteiger partial charge is 0.507 e. The van der Waals surface area contributed by atoms with Crippen molar-refractivity contribution in [3.63, 3.8) is 0 Å². The van der Waals surface area contributed by atoms with Crippen LogP contribution in [0.4, 0.5) is 0 Å². The maximum Gasteiger partial charge on any atom is 0.149 e. The van der Waals surface area contributed by atoms with E-state index in [9.17, 15) is 10.6 Å². The lowest BCUT2D eigenvalue weighted by Gasteiger charge is -2.22. The number of benzene rings is 7. The molecule has 0 bridgehead atoms. The number of hydrogen-bond donors (Lipinski definition) is 1. The Bertz CT molecular complexity index is 3470. The van der Waals surface area contributed by atoms with Gasteiger partial charge in [-0.2, -0.15) is 0 Å².